The van der Waals surface area contributed by atoms with Gasteiger partial charge in [0, 0.05) is 5.56 Å². The summed E-state index contributed by atoms with van der Waals surface area (Å²) >= 11 is 0. The maximum atomic E-state index is 13.3. The van der Waals surface area contributed by atoms with Crippen LogP contribution in [0.4, 0.5) is 4.39 Å². The third kappa shape index (κ3) is 4.21. The van der Waals surface area contributed by atoms with Crippen molar-refractivity contribution in [3.05, 3.63) is 29.6 Å². The number of rotatable bonds is 6. The largest absolute Gasteiger partial charge is 0.344 e. The number of benzene rings is 1. The van der Waals surface area contributed by atoms with Gasteiger partial charge >= 0.3 is 0 Å². The molecule has 2 aromatic rings. The van der Waals surface area contributed by atoms with Gasteiger partial charge < -0.3 is 5.32 Å². The molecule has 1 heterocycles. The lowest BCUT2D eigenvalue weighted by molar-refractivity contribution is -0.128. The lowest BCUT2D eigenvalue weighted by Crippen LogP contribution is -2.44. The Bertz CT molecular complexity index is 757. The summed E-state index contributed by atoms with van der Waals surface area (Å²) in [7, 11) is 0. The average Bonchev–Trinajstić information content (AvgIpc) is 2.95. The molecule has 1 unspecified atom stereocenters. The first kappa shape index (κ1) is 17.7. The average molecular weight is 333 g/mol. The van der Waals surface area contributed by atoms with Crippen molar-refractivity contribution in [1.82, 2.24) is 25.5 Å². The van der Waals surface area contributed by atoms with E-state index in [-0.39, 0.29) is 30.0 Å². The molecule has 0 saturated carbocycles. The van der Waals surface area contributed by atoms with Gasteiger partial charge in [-0.2, -0.15) is 4.80 Å². The summed E-state index contributed by atoms with van der Waals surface area (Å²) < 4.78 is 13.3. The summed E-state index contributed by atoms with van der Waals surface area (Å²) in [4.78, 5) is 24.7. The van der Waals surface area contributed by atoms with Crippen molar-refractivity contribution in [2.45, 2.75) is 40.3 Å². The summed E-state index contributed by atoms with van der Waals surface area (Å²) in [5, 5.41) is 14.5. The molecule has 0 aliphatic heterocycles. The number of hydrogen-bond acceptors (Lipinski definition) is 5. The maximum absolute atomic E-state index is 13.3. The molecule has 1 amide bonds. The number of hydrogen-bond donors (Lipinski definition) is 1. The Morgan fingerprint density at radius 1 is 1.33 bits per heavy atom. The number of halogens is 1. The number of carbonyl (C=O) groups excluding carboxylic acids is 2. The summed E-state index contributed by atoms with van der Waals surface area (Å²) in [6.07, 6.45) is 0. The summed E-state index contributed by atoms with van der Waals surface area (Å²) in [6.45, 7) is 6.64. The molecule has 0 saturated heterocycles. The van der Waals surface area contributed by atoms with Gasteiger partial charge in [-0.3, -0.25) is 9.59 Å². The minimum Gasteiger partial charge on any atom is -0.344 e. The molecular weight excluding hydrogens is 313 g/mol. The quantitative estimate of drug-likeness (QED) is 0.865. The number of nitrogens with zero attached hydrogens (tertiary/aromatic N) is 4. The fraction of sp³-hybridized carbons (Fsp3) is 0.438. The second kappa shape index (κ2) is 7.29. The first-order valence-corrected chi connectivity index (χ1v) is 7.62. The highest BCUT2D eigenvalue weighted by Gasteiger charge is 2.21. The Labute approximate surface area is 139 Å². The maximum Gasteiger partial charge on any atom is 0.244 e. The van der Waals surface area contributed by atoms with Crippen LogP contribution in [0.5, 0.6) is 0 Å². The standard InChI is InChI=1S/C16H20FN5O2/c1-9(2)15(11(4)23)18-14(24)8-22-20-16(19-21-22)12-5-6-13(17)10(3)7-12/h5-7,9,15H,8H2,1-4H3,(H,18,24). The lowest BCUT2D eigenvalue weighted by atomic mass is 10.0. The molecule has 1 atom stereocenters. The van der Waals surface area contributed by atoms with E-state index in [2.05, 4.69) is 20.7 Å². The van der Waals surface area contributed by atoms with E-state index in [0.29, 0.717) is 17.0 Å². The van der Waals surface area contributed by atoms with Crippen molar-refractivity contribution in [1.29, 1.82) is 0 Å². The highest BCUT2D eigenvalue weighted by atomic mass is 19.1. The first-order chi connectivity index (χ1) is 11.3. The molecule has 128 valence electrons. The van der Waals surface area contributed by atoms with Gasteiger partial charge in [-0.1, -0.05) is 13.8 Å². The molecule has 1 N–H and O–H groups in total. The molecule has 0 fully saturated rings. The Kier molecular flexibility index (Phi) is 5.38. The number of amides is 1. The molecular formula is C16H20FN5O2. The van der Waals surface area contributed by atoms with Gasteiger partial charge in [0.05, 0.1) is 6.04 Å². The SMILES string of the molecule is CC(=O)C(NC(=O)Cn1nnc(-c2ccc(F)c(C)c2)n1)C(C)C. The molecule has 7 nitrogen and oxygen atoms in total. The number of carbonyl (C=O) groups is 2. The van der Waals surface area contributed by atoms with E-state index in [1.54, 1.807) is 19.1 Å². The normalized spacial score (nSPS) is 12.2. The molecule has 2 rings (SSSR count). The van der Waals surface area contributed by atoms with E-state index in [1.165, 1.54) is 13.0 Å². The number of Topliss-reactive ketones (excluding diaryl/α,β-unsaturated/α-hetero) is 1. The Morgan fingerprint density at radius 3 is 2.62 bits per heavy atom. The molecule has 0 bridgehead atoms. The van der Waals surface area contributed by atoms with Crippen molar-refractivity contribution < 1.29 is 14.0 Å². The third-order valence-corrected chi connectivity index (χ3v) is 3.58. The lowest BCUT2D eigenvalue weighted by Gasteiger charge is -2.19. The molecule has 8 heteroatoms. The molecule has 0 radical (unpaired) electrons. The van der Waals surface area contributed by atoms with Crippen LogP contribution < -0.4 is 5.32 Å². The van der Waals surface area contributed by atoms with Gasteiger partial charge in [-0.25, -0.2) is 4.39 Å². The topological polar surface area (TPSA) is 89.8 Å². The van der Waals surface area contributed by atoms with Crippen LogP contribution in [-0.2, 0) is 16.1 Å². The number of tetrazole rings is 1. The van der Waals surface area contributed by atoms with Crippen LogP contribution in [-0.4, -0.2) is 37.9 Å². The van der Waals surface area contributed by atoms with E-state index < -0.39 is 6.04 Å². The number of aryl methyl sites for hydroxylation is 1. The number of aromatic nitrogens is 4. The molecule has 0 aliphatic rings. The van der Waals surface area contributed by atoms with Crippen LogP contribution in [0, 0.1) is 18.7 Å². The van der Waals surface area contributed by atoms with Crippen LogP contribution >= 0.6 is 0 Å². The zero-order valence-corrected chi connectivity index (χ0v) is 14.1. The van der Waals surface area contributed by atoms with Crippen molar-refractivity contribution in [2.24, 2.45) is 5.92 Å². The van der Waals surface area contributed by atoms with Crippen molar-refractivity contribution in [3.63, 3.8) is 0 Å². The molecule has 0 spiro atoms. The monoisotopic (exact) mass is 333 g/mol. The smallest absolute Gasteiger partial charge is 0.244 e. The van der Waals surface area contributed by atoms with Gasteiger partial charge in [0.1, 0.15) is 12.4 Å². The van der Waals surface area contributed by atoms with Crippen molar-refractivity contribution >= 4 is 11.7 Å². The second-order valence-corrected chi connectivity index (χ2v) is 6.01. The highest BCUT2D eigenvalue weighted by molar-refractivity contribution is 5.87. The van der Waals surface area contributed by atoms with E-state index in [1.807, 2.05) is 13.8 Å². The Hall–Kier alpha value is -2.64. The molecule has 1 aromatic heterocycles. The van der Waals surface area contributed by atoms with Crippen LogP contribution in [0.2, 0.25) is 0 Å². The Balaban J connectivity index is 2.06. The van der Waals surface area contributed by atoms with Gasteiger partial charge in [0.15, 0.2) is 5.78 Å². The summed E-state index contributed by atoms with van der Waals surface area (Å²) in [5.41, 5.74) is 1.09. The highest BCUT2D eigenvalue weighted by Crippen LogP contribution is 2.17. The number of nitrogens with one attached hydrogen (secondary N) is 1. The van der Waals surface area contributed by atoms with Crippen LogP contribution in [0.15, 0.2) is 18.2 Å². The van der Waals surface area contributed by atoms with E-state index in [4.69, 9.17) is 0 Å². The summed E-state index contributed by atoms with van der Waals surface area (Å²) in [5.74, 6) is -0.490. The molecule has 24 heavy (non-hydrogen) atoms. The van der Waals surface area contributed by atoms with Crippen LogP contribution in [0.3, 0.4) is 0 Å². The number of ketones is 1. The van der Waals surface area contributed by atoms with Gasteiger partial charge in [0.2, 0.25) is 11.7 Å². The Morgan fingerprint density at radius 2 is 2.04 bits per heavy atom. The van der Waals surface area contributed by atoms with Gasteiger partial charge in [0.25, 0.3) is 0 Å². The molecule has 1 aromatic carbocycles. The predicted molar refractivity (Wildman–Crippen MR) is 85.4 cm³/mol. The van der Waals surface area contributed by atoms with Crippen LogP contribution in [0.25, 0.3) is 11.4 Å². The third-order valence-electron chi connectivity index (χ3n) is 3.58. The fourth-order valence-electron chi connectivity index (χ4n) is 2.29. The predicted octanol–water partition coefficient (Wildman–Crippen LogP) is 1.52. The van der Waals surface area contributed by atoms with Crippen molar-refractivity contribution in [2.75, 3.05) is 0 Å². The van der Waals surface area contributed by atoms with Gasteiger partial charge in [-0.15, -0.1) is 10.2 Å². The summed E-state index contributed by atoms with van der Waals surface area (Å²) in [6, 6.07) is 3.95. The first-order valence-electron chi connectivity index (χ1n) is 7.62. The minimum atomic E-state index is -0.541. The molecule has 0 aliphatic carbocycles. The fourth-order valence-corrected chi connectivity index (χ4v) is 2.29. The zero-order valence-electron chi connectivity index (χ0n) is 14.1. The minimum absolute atomic E-state index is 0.00657. The van der Waals surface area contributed by atoms with Gasteiger partial charge in [-0.05, 0) is 48.7 Å². The van der Waals surface area contributed by atoms with E-state index in [9.17, 15) is 14.0 Å². The van der Waals surface area contributed by atoms with Crippen molar-refractivity contribution in [3.8, 4) is 11.4 Å². The van der Waals surface area contributed by atoms with E-state index >= 15 is 0 Å². The second-order valence-electron chi connectivity index (χ2n) is 6.01. The zero-order chi connectivity index (χ0) is 17.9. The van der Waals surface area contributed by atoms with Crippen LogP contribution in [0.1, 0.15) is 26.3 Å². The van der Waals surface area contributed by atoms with E-state index in [0.717, 1.165) is 4.80 Å².